The summed E-state index contributed by atoms with van der Waals surface area (Å²) in [5.41, 5.74) is 16.9. The predicted molar refractivity (Wildman–Crippen MR) is 164 cm³/mol. The van der Waals surface area contributed by atoms with Crippen molar-refractivity contribution < 1.29 is 24.0 Å². The Labute approximate surface area is 251 Å². The molecule has 1 rings (SSSR count). The van der Waals surface area contributed by atoms with Crippen molar-refractivity contribution in [2.45, 2.75) is 123 Å². The third-order valence-electron chi connectivity index (χ3n) is 7.91. The lowest BCUT2D eigenvalue weighted by atomic mass is 9.84. The van der Waals surface area contributed by atoms with Gasteiger partial charge in [-0.25, -0.2) is 0 Å². The Morgan fingerprint density at radius 2 is 1.24 bits per heavy atom. The van der Waals surface area contributed by atoms with Crippen molar-refractivity contribution >= 4 is 29.5 Å². The van der Waals surface area contributed by atoms with E-state index in [0.717, 1.165) is 32.1 Å². The number of carbonyl (C=O) groups excluding carboxylic acids is 5. The lowest BCUT2D eigenvalue weighted by Crippen LogP contribution is -2.59. The fourth-order valence-corrected chi connectivity index (χ4v) is 5.36. The van der Waals surface area contributed by atoms with E-state index in [1.54, 1.807) is 20.8 Å². The molecule has 0 radical (unpaired) electrons. The van der Waals surface area contributed by atoms with E-state index in [0.29, 0.717) is 32.2 Å². The number of nitrogens with one attached hydrogen (secondary N) is 4. The summed E-state index contributed by atoms with van der Waals surface area (Å²) in [6.07, 6.45) is 7.40. The Kier molecular flexibility index (Phi) is 17.3. The zero-order chi connectivity index (χ0) is 31.8. The van der Waals surface area contributed by atoms with Gasteiger partial charge in [-0.3, -0.25) is 24.0 Å². The molecule has 1 saturated carbocycles. The van der Waals surface area contributed by atoms with Gasteiger partial charge in [0.05, 0.1) is 0 Å². The topological polar surface area (TPSA) is 212 Å². The maximum atomic E-state index is 13.5. The van der Waals surface area contributed by atoms with Gasteiger partial charge in [0.2, 0.25) is 29.5 Å². The fourth-order valence-electron chi connectivity index (χ4n) is 5.36. The first-order valence-electron chi connectivity index (χ1n) is 15.7. The van der Waals surface area contributed by atoms with Gasteiger partial charge in [0.15, 0.2) is 0 Å². The van der Waals surface area contributed by atoms with Crippen molar-refractivity contribution in [1.29, 1.82) is 0 Å². The Balaban J connectivity index is 3.09. The summed E-state index contributed by atoms with van der Waals surface area (Å²) in [5.74, 6) is -2.61. The molecule has 0 spiro atoms. The number of hydrogen-bond acceptors (Lipinski definition) is 7. The first-order valence-corrected chi connectivity index (χ1v) is 15.7. The molecule has 5 amide bonds. The van der Waals surface area contributed by atoms with E-state index in [1.165, 1.54) is 0 Å². The Bertz CT molecular complexity index is 876. The summed E-state index contributed by atoms with van der Waals surface area (Å²) in [7, 11) is 0. The molecule has 12 heteroatoms. The maximum Gasteiger partial charge on any atom is 0.243 e. The van der Waals surface area contributed by atoms with Crippen LogP contribution in [0.25, 0.3) is 0 Å². The monoisotopic (exact) mass is 595 g/mol. The van der Waals surface area contributed by atoms with Gasteiger partial charge in [-0.1, -0.05) is 66.7 Å². The van der Waals surface area contributed by atoms with E-state index in [4.69, 9.17) is 17.2 Å². The van der Waals surface area contributed by atoms with Crippen LogP contribution < -0.4 is 38.5 Å². The first-order chi connectivity index (χ1) is 19.8. The molecule has 0 heterocycles. The highest BCUT2D eigenvalue weighted by atomic mass is 16.2. The van der Waals surface area contributed by atoms with Crippen molar-refractivity contribution in [3.8, 4) is 0 Å². The van der Waals surface area contributed by atoms with E-state index in [1.807, 2.05) is 13.8 Å². The molecule has 0 aliphatic heterocycles. The van der Waals surface area contributed by atoms with Crippen molar-refractivity contribution in [1.82, 2.24) is 21.3 Å². The zero-order valence-electron chi connectivity index (χ0n) is 26.4. The van der Waals surface area contributed by atoms with Crippen LogP contribution in [0.15, 0.2) is 0 Å². The quantitative estimate of drug-likeness (QED) is 0.114. The Hall–Kier alpha value is -2.73. The van der Waals surface area contributed by atoms with Crippen LogP contribution in [-0.4, -0.2) is 66.8 Å². The van der Waals surface area contributed by atoms with Crippen molar-refractivity contribution in [2.24, 2.45) is 40.9 Å². The molecule has 0 aromatic carbocycles. The molecule has 0 aromatic heterocycles. The standard InChI is InChI=1S/C30H57N7O5/c1-18(2)16-23(35-27(39)20(5)10-9-14-31)29(41)34-22(13-15-32)28(40)36-24(17-21-11-7-6-8-12-21)30(42)37-25(19(3)4)26(33)38/h18-25H,6-17,31-32H2,1-5H3,(H2,33,38)(H,34,41)(H,35,39)(H,36,40)(H,37,42)/t20-,22-,23+,24-,25-/m0/s1. The molecule has 0 bridgehead atoms. The van der Waals surface area contributed by atoms with Crippen LogP contribution in [0.2, 0.25) is 0 Å². The minimum absolute atomic E-state index is 0.102. The molecule has 12 nitrogen and oxygen atoms in total. The lowest BCUT2D eigenvalue weighted by molar-refractivity contribution is -0.135. The zero-order valence-corrected chi connectivity index (χ0v) is 26.4. The largest absolute Gasteiger partial charge is 0.368 e. The summed E-state index contributed by atoms with van der Waals surface area (Å²) in [5, 5.41) is 11.1. The van der Waals surface area contributed by atoms with Gasteiger partial charge in [-0.2, -0.15) is 0 Å². The number of rotatable bonds is 19. The average Bonchev–Trinajstić information content (AvgIpc) is 2.93. The SMILES string of the molecule is CC(C)C[C@@H](NC(=O)[C@@H](C)CCCN)C(=O)N[C@@H](CCN)C(=O)N[C@@H](CC1CCCCC1)C(=O)N[C@H](C(N)=O)C(C)C. The summed E-state index contributed by atoms with van der Waals surface area (Å²) in [6, 6.07) is -3.64. The van der Waals surface area contributed by atoms with Gasteiger partial charge in [0, 0.05) is 5.92 Å². The number of carbonyl (C=O) groups is 5. The van der Waals surface area contributed by atoms with Crippen LogP contribution in [0, 0.1) is 23.7 Å². The second kappa shape index (κ2) is 19.5. The smallest absolute Gasteiger partial charge is 0.243 e. The van der Waals surface area contributed by atoms with E-state index in [-0.39, 0.29) is 42.5 Å². The molecular weight excluding hydrogens is 538 g/mol. The number of nitrogens with two attached hydrogens (primary N) is 3. The molecule has 1 fully saturated rings. The fraction of sp³-hybridized carbons (Fsp3) is 0.833. The first kappa shape index (κ1) is 37.3. The van der Waals surface area contributed by atoms with Crippen molar-refractivity contribution in [2.75, 3.05) is 13.1 Å². The van der Waals surface area contributed by atoms with Crippen LogP contribution in [-0.2, 0) is 24.0 Å². The third kappa shape index (κ3) is 13.5. The number of amides is 5. The van der Waals surface area contributed by atoms with Gasteiger partial charge in [-0.05, 0) is 62.9 Å². The molecule has 1 aliphatic rings. The second-order valence-electron chi connectivity index (χ2n) is 12.6. The highest BCUT2D eigenvalue weighted by Crippen LogP contribution is 2.27. The van der Waals surface area contributed by atoms with E-state index in [9.17, 15) is 24.0 Å². The normalized spacial score (nSPS) is 17.5. The Morgan fingerprint density at radius 1 is 0.690 bits per heavy atom. The molecule has 42 heavy (non-hydrogen) atoms. The molecule has 1 aliphatic carbocycles. The molecule has 5 atom stereocenters. The van der Waals surface area contributed by atoms with Crippen LogP contribution in [0.5, 0.6) is 0 Å². The van der Waals surface area contributed by atoms with Crippen LogP contribution in [0.1, 0.15) is 98.8 Å². The minimum atomic E-state index is -1.01. The van der Waals surface area contributed by atoms with Crippen LogP contribution >= 0.6 is 0 Å². The van der Waals surface area contributed by atoms with E-state index < -0.39 is 47.8 Å². The summed E-state index contributed by atoms with van der Waals surface area (Å²) in [6.45, 7) is 9.83. The molecule has 0 saturated heterocycles. The van der Waals surface area contributed by atoms with Crippen molar-refractivity contribution in [3.05, 3.63) is 0 Å². The van der Waals surface area contributed by atoms with Gasteiger partial charge in [-0.15, -0.1) is 0 Å². The van der Waals surface area contributed by atoms with Gasteiger partial charge in [0.1, 0.15) is 24.2 Å². The van der Waals surface area contributed by atoms with E-state index >= 15 is 0 Å². The number of hydrogen-bond donors (Lipinski definition) is 7. The summed E-state index contributed by atoms with van der Waals surface area (Å²) >= 11 is 0. The third-order valence-corrected chi connectivity index (χ3v) is 7.91. The lowest BCUT2D eigenvalue weighted by Gasteiger charge is -2.30. The van der Waals surface area contributed by atoms with Crippen LogP contribution in [0.3, 0.4) is 0 Å². The molecule has 242 valence electrons. The molecule has 0 unspecified atom stereocenters. The highest BCUT2D eigenvalue weighted by Gasteiger charge is 2.33. The second-order valence-corrected chi connectivity index (χ2v) is 12.6. The predicted octanol–water partition coefficient (Wildman–Crippen LogP) is 0.807. The van der Waals surface area contributed by atoms with Gasteiger partial charge >= 0.3 is 0 Å². The Morgan fingerprint density at radius 3 is 1.76 bits per heavy atom. The highest BCUT2D eigenvalue weighted by molar-refractivity contribution is 5.95. The number of primary amides is 1. The van der Waals surface area contributed by atoms with Gasteiger partial charge < -0.3 is 38.5 Å². The molecule has 0 aromatic rings. The van der Waals surface area contributed by atoms with E-state index in [2.05, 4.69) is 21.3 Å². The summed E-state index contributed by atoms with van der Waals surface area (Å²) in [4.78, 5) is 65.0. The molecular formula is C30H57N7O5. The van der Waals surface area contributed by atoms with Crippen LogP contribution in [0.4, 0.5) is 0 Å². The van der Waals surface area contributed by atoms with Crippen molar-refractivity contribution in [3.63, 3.8) is 0 Å². The maximum absolute atomic E-state index is 13.5. The summed E-state index contributed by atoms with van der Waals surface area (Å²) < 4.78 is 0. The average molecular weight is 596 g/mol. The minimum Gasteiger partial charge on any atom is -0.368 e. The molecule has 10 N–H and O–H groups in total. The van der Waals surface area contributed by atoms with Gasteiger partial charge in [0.25, 0.3) is 0 Å².